The third kappa shape index (κ3) is 1.63. The predicted molar refractivity (Wildman–Crippen MR) is 72.7 cm³/mol. The molecule has 1 heterocycles. The molecule has 0 saturated carbocycles. The lowest BCUT2D eigenvalue weighted by atomic mass is 10.0. The van der Waals surface area contributed by atoms with Gasteiger partial charge in [0, 0.05) is 0 Å². The predicted octanol–water partition coefficient (Wildman–Crippen LogP) is 3.77. The Morgan fingerprint density at radius 1 is 0.944 bits per heavy atom. The van der Waals surface area contributed by atoms with Gasteiger partial charge in [0.25, 0.3) is 0 Å². The molecule has 3 rings (SSSR count). The van der Waals surface area contributed by atoms with E-state index in [0.29, 0.717) is 16.5 Å². The quantitative estimate of drug-likeness (QED) is 0.643. The Labute approximate surface area is 105 Å². The summed E-state index contributed by atoms with van der Waals surface area (Å²) in [7, 11) is 0. The van der Waals surface area contributed by atoms with Crippen LogP contribution < -0.4 is 5.43 Å². The summed E-state index contributed by atoms with van der Waals surface area (Å²) in [5.74, 6) is 0. The van der Waals surface area contributed by atoms with Crippen molar-refractivity contribution in [1.82, 2.24) is 0 Å². The van der Waals surface area contributed by atoms with Crippen molar-refractivity contribution >= 4 is 11.0 Å². The van der Waals surface area contributed by atoms with Gasteiger partial charge in [-0.3, -0.25) is 4.79 Å². The maximum Gasteiger partial charge on any atom is 0.200 e. The van der Waals surface area contributed by atoms with Crippen LogP contribution in [0.4, 0.5) is 0 Å². The fraction of sp³-hybridized carbons (Fsp3) is 0.0625. The molecule has 0 spiro atoms. The summed E-state index contributed by atoms with van der Waals surface area (Å²) in [6.45, 7) is 1.92. The van der Waals surface area contributed by atoms with Crippen molar-refractivity contribution < 1.29 is 4.42 Å². The minimum atomic E-state index is 0.0283. The normalized spacial score (nSPS) is 10.7. The first-order valence-electron chi connectivity index (χ1n) is 5.84. The fourth-order valence-corrected chi connectivity index (χ4v) is 2.16. The number of fused-ring (bicyclic) bond motifs is 1. The van der Waals surface area contributed by atoms with E-state index in [-0.39, 0.29) is 5.43 Å². The SMILES string of the molecule is Cc1cccc2occ(-c3ccccc3)c(=O)c12. The largest absolute Gasteiger partial charge is 0.463 e. The molecule has 0 fully saturated rings. The molecular weight excluding hydrogens is 224 g/mol. The van der Waals surface area contributed by atoms with E-state index in [1.54, 1.807) is 6.26 Å². The highest BCUT2D eigenvalue weighted by molar-refractivity contribution is 5.84. The van der Waals surface area contributed by atoms with Gasteiger partial charge in [-0.15, -0.1) is 0 Å². The zero-order valence-electron chi connectivity index (χ0n) is 10.0. The van der Waals surface area contributed by atoms with E-state index in [1.807, 2.05) is 55.5 Å². The summed E-state index contributed by atoms with van der Waals surface area (Å²) < 4.78 is 5.56. The zero-order chi connectivity index (χ0) is 12.5. The molecule has 2 nitrogen and oxygen atoms in total. The third-order valence-electron chi connectivity index (χ3n) is 3.09. The van der Waals surface area contributed by atoms with Crippen molar-refractivity contribution in [2.24, 2.45) is 0 Å². The smallest absolute Gasteiger partial charge is 0.200 e. The Hall–Kier alpha value is -2.35. The van der Waals surface area contributed by atoms with Gasteiger partial charge < -0.3 is 4.42 Å². The maximum atomic E-state index is 12.5. The summed E-state index contributed by atoms with van der Waals surface area (Å²) in [4.78, 5) is 12.5. The highest BCUT2D eigenvalue weighted by atomic mass is 16.3. The Kier molecular flexibility index (Phi) is 2.49. The molecule has 0 aliphatic rings. The van der Waals surface area contributed by atoms with E-state index >= 15 is 0 Å². The summed E-state index contributed by atoms with van der Waals surface area (Å²) in [6, 6.07) is 15.2. The maximum absolute atomic E-state index is 12.5. The van der Waals surface area contributed by atoms with Crippen LogP contribution in [0.2, 0.25) is 0 Å². The second-order valence-corrected chi connectivity index (χ2v) is 4.29. The van der Waals surface area contributed by atoms with Crippen molar-refractivity contribution in [3.05, 3.63) is 70.6 Å². The van der Waals surface area contributed by atoms with Gasteiger partial charge in [0.05, 0.1) is 10.9 Å². The van der Waals surface area contributed by atoms with Crippen molar-refractivity contribution in [3.63, 3.8) is 0 Å². The topological polar surface area (TPSA) is 30.2 Å². The number of benzene rings is 2. The lowest BCUT2D eigenvalue weighted by Crippen LogP contribution is -2.06. The number of hydrogen-bond acceptors (Lipinski definition) is 2. The molecule has 0 bridgehead atoms. The first-order valence-corrected chi connectivity index (χ1v) is 5.84. The second-order valence-electron chi connectivity index (χ2n) is 4.29. The molecule has 88 valence electrons. The van der Waals surface area contributed by atoms with Crippen LogP contribution >= 0.6 is 0 Å². The summed E-state index contributed by atoms with van der Waals surface area (Å²) in [5, 5.41) is 0.666. The first-order chi connectivity index (χ1) is 8.77. The number of rotatable bonds is 1. The van der Waals surface area contributed by atoms with Gasteiger partial charge in [-0.05, 0) is 24.1 Å². The molecule has 1 aromatic heterocycles. The standard InChI is InChI=1S/C16H12O2/c1-11-6-5-9-14-15(11)16(17)13(10-18-14)12-7-3-2-4-8-12/h2-10H,1H3. The van der Waals surface area contributed by atoms with Crippen molar-refractivity contribution in [1.29, 1.82) is 0 Å². The molecule has 0 N–H and O–H groups in total. The summed E-state index contributed by atoms with van der Waals surface area (Å²) >= 11 is 0. The van der Waals surface area contributed by atoms with E-state index in [2.05, 4.69) is 0 Å². The van der Waals surface area contributed by atoms with E-state index in [9.17, 15) is 4.79 Å². The van der Waals surface area contributed by atoms with Gasteiger partial charge in [0.1, 0.15) is 11.8 Å². The molecule has 0 saturated heterocycles. The van der Waals surface area contributed by atoms with Crippen LogP contribution in [0, 0.1) is 6.92 Å². The van der Waals surface area contributed by atoms with E-state index < -0.39 is 0 Å². The highest BCUT2D eigenvalue weighted by Gasteiger charge is 2.09. The van der Waals surface area contributed by atoms with Gasteiger partial charge in [-0.25, -0.2) is 0 Å². The minimum Gasteiger partial charge on any atom is -0.463 e. The second kappa shape index (κ2) is 4.15. The Bertz CT molecular complexity index is 755. The lowest BCUT2D eigenvalue weighted by molar-refractivity contribution is 0.604. The molecule has 0 aliphatic heterocycles. The first kappa shape index (κ1) is 10.8. The molecule has 0 atom stereocenters. The Balaban J connectivity index is 2.37. The van der Waals surface area contributed by atoms with Crippen LogP contribution in [0.1, 0.15) is 5.56 Å². The molecule has 2 heteroatoms. The summed E-state index contributed by atoms with van der Waals surface area (Å²) in [5.41, 5.74) is 3.10. The number of hydrogen-bond donors (Lipinski definition) is 0. The van der Waals surface area contributed by atoms with Gasteiger partial charge in [-0.1, -0.05) is 42.5 Å². The minimum absolute atomic E-state index is 0.0283. The molecule has 3 aromatic rings. The molecular formula is C16H12O2. The molecule has 2 aromatic carbocycles. The van der Waals surface area contributed by atoms with Crippen LogP contribution in [0.3, 0.4) is 0 Å². The molecule has 18 heavy (non-hydrogen) atoms. The average molecular weight is 236 g/mol. The van der Waals surface area contributed by atoms with E-state index in [4.69, 9.17) is 4.42 Å². The van der Waals surface area contributed by atoms with Crippen LogP contribution in [0.15, 0.2) is 64.0 Å². The average Bonchev–Trinajstić information content (AvgIpc) is 2.40. The summed E-state index contributed by atoms with van der Waals surface area (Å²) in [6.07, 6.45) is 1.54. The highest BCUT2D eigenvalue weighted by Crippen LogP contribution is 2.21. The Morgan fingerprint density at radius 2 is 1.72 bits per heavy atom. The van der Waals surface area contributed by atoms with Crippen LogP contribution in [0.5, 0.6) is 0 Å². The van der Waals surface area contributed by atoms with Crippen molar-refractivity contribution in [2.75, 3.05) is 0 Å². The van der Waals surface area contributed by atoms with Crippen LogP contribution in [0.25, 0.3) is 22.1 Å². The zero-order valence-corrected chi connectivity index (χ0v) is 10.0. The molecule has 0 radical (unpaired) electrons. The molecule has 0 unspecified atom stereocenters. The van der Waals surface area contributed by atoms with Crippen LogP contribution in [-0.4, -0.2) is 0 Å². The van der Waals surface area contributed by atoms with Gasteiger partial charge in [-0.2, -0.15) is 0 Å². The van der Waals surface area contributed by atoms with Crippen molar-refractivity contribution in [3.8, 4) is 11.1 Å². The molecule has 0 aliphatic carbocycles. The van der Waals surface area contributed by atoms with Crippen LogP contribution in [-0.2, 0) is 0 Å². The number of aryl methyl sites for hydroxylation is 1. The Morgan fingerprint density at radius 3 is 2.50 bits per heavy atom. The van der Waals surface area contributed by atoms with Crippen molar-refractivity contribution in [2.45, 2.75) is 6.92 Å². The van der Waals surface area contributed by atoms with E-state index in [1.165, 1.54) is 0 Å². The fourth-order valence-electron chi connectivity index (χ4n) is 2.16. The van der Waals surface area contributed by atoms with Gasteiger partial charge in [0.2, 0.25) is 5.43 Å². The lowest BCUT2D eigenvalue weighted by Gasteiger charge is -2.04. The third-order valence-corrected chi connectivity index (χ3v) is 3.09. The monoisotopic (exact) mass is 236 g/mol. The van der Waals surface area contributed by atoms with E-state index in [0.717, 1.165) is 11.1 Å². The molecule has 0 amide bonds. The van der Waals surface area contributed by atoms with Gasteiger partial charge in [0.15, 0.2) is 0 Å². The van der Waals surface area contributed by atoms with Gasteiger partial charge >= 0.3 is 0 Å².